The first kappa shape index (κ1) is 11.8. The fourth-order valence-corrected chi connectivity index (χ4v) is 2.49. The smallest absolute Gasteiger partial charge is 0.132 e. The van der Waals surface area contributed by atoms with Crippen LogP contribution < -0.4 is 5.73 Å². The zero-order valence-electron chi connectivity index (χ0n) is 9.88. The molecule has 0 saturated heterocycles. The van der Waals surface area contributed by atoms with Crippen molar-refractivity contribution >= 4 is 17.2 Å². The molecule has 0 spiro atoms. The van der Waals surface area contributed by atoms with E-state index in [1.807, 2.05) is 12.1 Å². The van der Waals surface area contributed by atoms with E-state index in [1.54, 1.807) is 30.6 Å². The van der Waals surface area contributed by atoms with Crippen molar-refractivity contribution in [3.8, 4) is 21.7 Å². The summed E-state index contributed by atoms with van der Waals surface area (Å²) in [4.78, 5) is 4.95. The molecule has 2 aromatic heterocycles. The Morgan fingerprint density at radius 3 is 2.63 bits per heavy atom. The normalized spacial score (nSPS) is 10.6. The minimum Gasteiger partial charge on any atom is -0.398 e. The van der Waals surface area contributed by atoms with Crippen LogP contribution in [0.4, 0.5) is 10.1 Å². The van der Waals surface area contributed by atoms with Crippen LogP contribution in [0.5, 0.6) is 0 Å². The first-order valence-electron chi connectivity index (χ1n) is 5.67. The zero-order valence-corrected chi connectivity index (χ0v) is 10.7. The van der Waals surface area contributed by atoms with Gasteiger partial charge in [-0.1, -0.05) is 6.07 Å². The van der Waals surface area contributed by atoms with E-state index >= 15 is 0 Å². The third-order valence-electron chi connectivity index (χ3n) is 2.78. The van der Waals surface area contributed by atoms with Crippen molar-refractivity contribution in [1.29, 1.82) is 0 Å². The van der Waals surface area contributed by atoms with Crippen LogP contribution in [0.2, 0.25) is 0 Å². The van der Waals surface area contributed by atoms with Crippen molar-refractivity contribution in [2.45, 2.75) is 0 Å². The number of pyridine rings is 1. The summed E-state index contributed by atoms with van der Waals surface area (Å²) in [5, 5.41) is 0. The van der Waals surface area contributed by atoms with Gasteiger partial charge in [0.1, 0.15) is 5.82 Å². The number of hydrogen-bond donors (Lipinski definition) is 1. The van der Waals surface area contributed by atoms with Gasteiger partial charge < -0.3 is 5.73 Å². The molecule has 0 aliphatic heterocycles. The van der Waals surface area contributed by atoms with Crippen LogP contribution in [0, 0.1) is 5.82 Å². The number of aromatic nitrogens is 2. The Kier molecular flexibility index (Phi) is 2.97. The Bertz CT molecular complexity index is 696. The van der Waals surface area contributed by atoms with Gasteiger partial charge in [0.25, 0.3) is 0 Å². The number of anilines is 1. The Morgan fingerprint density at radius 1 is 1.05 bits per heavy atom. The van der Waals surface area contributed by atoms with Gasteiger partial charge in [0.05, 0.1) is 10.6 Å². The van der Waals surface area contributed by atoms with Gasteiger partial charge >= 0.3 is 0 Å². The van der Waals surface area contributed by atoms with Gasteiger partial charge in [-0.3, -0.25) is 4.98 Å². The molecule has 94 valence electrons. The molecule has 2 heterocycles. The number of hydrogen-bond acceptors (Lipinski definition) is 4. The Labute approximate surface area is 113 Å². The SMILES string of the molecule is Nc1cc(-c2ccns2)c(F)cc1-c1ccccn1. The molecule has 0 aliphatic rings. The largest absolute Gasteiger partial charge is 0.398 e. The molecule has 5 heteroatoms. The maximum absolute atomic E-state index is 14.2. The van der Waals surface area contributed by atoms with Gasteiger partial charge in [0.2, 0.25) is 0 Å². The van der Waals surface area contributed by atoms with Crippen molar-refractivity contribution in [2.75, 3.05) is 5.73 Å². The number of nitrogens with zero attached hydrogens (tertiary/aromatic N) is 2. The van der Waals surface area contributed by atoms with E-state index in [0.717, 1.165) is 4.88 Å². The summed E-state index contributed by atoms with van der Waals surface area (Å²) < 4.78 is 18.1. The minimum absolute atomic E-state index is 0.320. The Morgan fingerprint density at radius 2 is 1.95 bits per heavy atom. The summed E-state index contributed by atoms with van der Waals surface area (Å²) in [7, 11) is 0. The molecule has 0 unspecified atom stereocenters. The summed E-state index contributed by atoms with van der Waals surface area (Å²) >= 11 is 1.24. The average Bonchev–Trinajstić information content (AvgIpc) is 2.96. The Balaban J connectivity index is 2.14. The summed E-state index contributed by atoms with van der Waals surface area (Å²) in [5.74, 6) is -0.320. The number of rotatable bonds is 2. The van der Waals surface area contributed by atoms with Crippen LogP contribution in [-0.4, -0.2) is 9.36 Å². The molecule has 3 nitrogen and oxygen atoms in total. The summed E-state index contributed by atoms with van der Waals surface area (Å²) in [6.45, 7) is 0. The minimum atomic E-state index is -0.320. The van der Waals surface area contributed by atoms with E-state index in [0.29, 0.717) is 22.5 Å². The molecule has 0 fully saturated rings. The maximum atomic E-state index is 14.2. The van der Waals surface area contributed by atoms with E-state index in [2.05, 4.69) is 9.36 Å². The lowest BCUT2D eigenvalue weighted by Crippen LogP contribution is -1.95. The second kappa shape index (κ2) is 4.78. The molecule has 0 atom stereocenters. The van der Waals surface area contributed by atoms with Crippen LogP contribution >= 0.6 is 11.5 Å². The zero-order chi connectivity index (χ0) is 13.2. The van der Waals surface area contributed by atoms with Crippen molar-refractivity contribution < 1.29 is 4.39 Å². The quantitative estimate of drug-likeness (QED) is 0.725. The molecular formula is C14H10FN3S. The van der Waals surface area contributed by atoms with Crippen molar-refractivity contribution in [3.05, 3.63) is 54.6 Å². The topological polar surface area (TPSA) is 51.8 Å². The summed E-state index contributed by atoms with van der Waals surface area (Å²) in [6, 6.07) is 10.3. The maximum Gasteiger partial charge on any atom is 0.132 e. The molecule has 0 bridgehead atoms. The molecular weight excluding hydrogens is 261 g/mol. The van der Waals surface area contributed by atoms with Gasteiger partial charge in [-0.2, -0.15) is 0 Å². The summed E-state index contributed by atoms with van der Waals surface area (Å²) in [6.07, 6.45) is 3.30. The number of nitrogen functional groups attached to an aromatic ring is 1. The highest BCUT2D eigenvalue weighted by atomic mass is 32.1. The standard InChI is InChI=1S/C14H10FN3S/c15-11-7-10(13-3-1-2-5-17-13)12(16)8-9(11)14-4-6-18-19-14/h1-8H,16H2. The lowest BCUT2D eigenvalue weighted by molar-refractivity contribution is 0.632. The second-order valence-corrected chi connectivity index (χ2v) is 4.84. The lowest BCUT2D eigenvalue weighted by atomic mass is 10.0. The molecule has 2 N–H and O–H groups in total. The third kappa shape index (κ3) is 2.20. The Hall–Kier alpha value is -2.27. The molecule has 0 amide bonds. The van der Waals surface area contributed by atoms with E-state index in [9.17, 15) is 4.39 Å². The molecule has 3 rings (SSSR count). The molecule has 0 saturated carbocycles. The highest BCUT2D eigenvalue weighted by Gasteiger charge is 2.12. The fourth-order valence-electron chi connectivity index (χ4n) is 1.88. The predicted molar refractivity (Wildman–Crippen MR) is 75.2 cm³/mol. The van der Waals surface area contributed by atoms with Gasteiger partial charge in [0, 0.05) is 29.2 Å². The molecule has 3 aromatic rings. The van der Waals surface area contributed by atoms with Gasteiger partial charge in [-0.05, 0) is 41.9 Å². The number of halogens is 1. The fraction of sp³-hybridized carbons (Fsp3) is 0. The highest BCUT2D eigenvalue weighted by Crippen LogP contribution is 2.33. The van der Waals surface area contributed by atoms with E-state index in [4.69, 9.17) is 5.73 Å². The number of nitrogens with two attached hydrogens (primary N) is 1. The summed E-state index contributed by atoms with van der Waals surface area (Å²) in [5.41, 5.74) is 8.25. The highest BCUT2D eigenvalue weighted by molar-refractivity contribution is 7.09. The van der Waals surface area contributed by atoms with E-state index in [-0.39, 0.29) is 5.82 Å². The van der Waals surface area contributed by atoms with Gasteiger partial charge in [-0.25, -0.2) is 8.76 Å². The third-order valence-corrected chi connectivity index (χ3v) is 3.56. The van der Waals surface area contributed by atoms with E-state index < -0.39 is 0 Å². The molecule has 0 radical (unpaired) electrons. The monoisotopic (exact) mass is 271 g/mol. The first-order valence-corrected chi connectivity index (χ1v) is 6.44. The van der Waals surface area contributed by atoms with Gasteiger partial charge in [0.15, 0.2) is 0 Å². The first-order chi connectivity index (χ1) is 9.25. The molecule has 0 aliphatic carbocycles. The van der Waals surface area contributed by atoms with Crippen LogP contribution in [0.3, 0.4) is 0 Å². The van der Waals surface area contributed by atoms with Crippen molar-refractivity contribution in [3.63, 3.8) is 0 Å². The second-order valence-electron chi connectivity index (χ2n) is 4.01. The van der Waals surface area contributed by atoms with Crippen molar-refractivity contribution in [1.82, 2.24) is 9.36 Å². The average molecular weight is 271 g/mol. The van der Waals surface area contributed by atoms with Crippen LogP contribution in [-0.2, 0) is 0 Å². The number of benzene rings is 1. The molecule has 1 aromatic carbocycles. The van der Waals surface area contributed by atoms with Crippen molar-refractivity contribution in [2.24, 2.45) is 0 Å². The van der Waals surface area contributed by atoms with Crippen LogP contribution in [0.25, 0.3) is 21.7 Å². The predicted octanol–water partition coefficient (Wildman–Crippen LogP) is 3.59. The van der Waals surface area contributed by atoms with Crippen LogP contribution in [0.15, 0.2) is 48.8 Å². The molecule has 19 heavy (non-hydrogen) atoms. The lowest BCUT2D eigenvalue weighted by Gasteiger charge is -2.08. The van der Waals surface area contributed by atoms with Gasteiger partial charge in [-0.15, -0.1) is 0 Å². The van der Waals surface area contributed by atoms with Crippen LogP contribution in [0.1, 0.15) is 0 Å². The van der Waals surface area contributed by atoms with E-state index in [1.165, 1.54) is 17.6 Å².